The van der Waals surface area contributed by atoms with Gasteiger partial charge in [0.25, 0.3) is 5.56 Å². The Labute approximate surface area is 111 Å². The number of aromatic nitrogens is 1. The van der Waals surface area contributed by atoms with Gasteiger partial charge in [0.1, 0.15) is 11.5 Å². The van der Waals surface area contributed by atoms with Crippen molar-refractivity contribution >= 4 is 10.9 Å². The lowest BCUT2D eigenvalue weighted by Crippen LogP contribution is -2.25. The first-order chi connectivity index (χ1) is 9.01. The third-order valence-electron chi connectivity index (χ3n) is 3.26. The smallest absolute Gasteiger partial charge is 0.255 e. The number of hydrogen-bond acceptors (Lipinski definition) is 4. The fourth-order valence-electron chi connectivity index (χ4n) is 2.24. The molecular formula is C14H18N2O3. The van der Waals surface area contributed by atoms with Crippen LogP contribution in [0.4, 0.5) is 0 Å². The maximum absolute atomic E-state index is 12.3. The Kier molecular flexibility index (Phi) is 3.48. The van der Waals surface area contributed by atoms with Gasteiger partial charge in [0.2, 0.25) is 0 Å². The summed E-state index contributed by atoms with van der Waals surface area (Å²) < 4.78 is 12.2. The van der Waals surface area contributed by atoms with E-state index in [9.17, 15) is 4.79 Å². The minimum Gasteiger partial charge on any atom is -0.496 e. The van der Waals surface area contributed by atoms with Gasteiger partial charge in [-0.2, -0.15) is 0 Å². The van der Waals surface area contributed by atoms with Gasteiger partial charge in [-0.3, -0.25) is 4.79 Å². The molecule has 2 rings (SSSR count). The van der Waals surface area contributed by atoms with E-state index >= 15 is 0 Å². The van der Waals surface area contributed by atoms with Crippen LogP contribution in [0, 0.1) is 0 Å². The average molecular weight is 262 g/mol. The number of nitrogens with two attached hydrogens (primary N) is 1. The lowest BCUT2D eigenvalue weighted by atomic mass is 10.1. The van der Waals surface area contributed by atoms with Crippen molar-refractivity contribution in [3.8, 4) is 11.5 Å². The predicted octanol–water partition coefficient (Wildman–Crippen LogP) is 1.58. The van der Waals surface area contributed by atoms with Crippen molar-refractivity contribution in [3.05, 3.63) is 34.1 Å². The molecule has 5 nitrogen and oxygen atoms in total. The summed E-state index contributed by atoms with van der Waals surface area (Å²) in [6, 6.07) is 5.05. The van der Waals surface area contributed by atoms with E-state index in [1.165, 1.54) is 0 Å². The summed E-state index contributed by atoms with van der Waals surface area (Å²) in [6.07, 6.45) is 0. The zero-order chi connectivity index (χ0) is 14.2. The highest BCUT2D eigenvalue weighted by atomic mass is 16.5. The molecule has 1 unspecified atom stereocenters. The summed E-state index contributed by atoms with van der Waals surface area (Å²) in [6.45, 7) is 1.79. The van der Waals surface area contributed by atoms with Gasteiger partial charge < -0.3 is 19.8 Å². The summed E-state index contributed by atoms with van der Waals surface area (Å²) in [5.74, 6) is 1.32. The molecule has 1 heterocycles. The Morgan fingerprint density at radius 2 is 1.79 bits per heavy atom. The molecule has 0 amide bonds. The van der Waals surface area contributed by atoms with Gasteiger partial charge in [0.15, 0.2) is 0 Å². The molecule has 0 aliphatic heterocycles. The first-order valence-electron chi connectivity index (χ1n) is 6.01. The Morgan fingerprint density at radius 3 is 2.32 bits per heavy atom. The van der Waals surface area contributed by atoms with E-state index in [0.29, 0.717) is 22.6 Å². The molecule has 0 aliphatic rings. The predicted molar refractivity (Wildman–Crippen MR) is 74.9 cm³/mol. The number of pyridine rings is 1. The zero-order valence-corrected chi connectivity index (χ0v) is 11.6. The molecule has 0 saturated heterocycles. The minimum absolute atomic E-state index is 0.117. The van der Waals surface area contributed by atoms with Crippen molar-refractivity contribution in [2.45, 2.75) is 13.0 Å². The van der Waals surface area contributed by atoms with Gasteiger partial charge >= 0.3 is 0 Å². The molecule has 1 aromatic carbocycles. The molecule has 0 radical (unpaired) electrons. The summed E-state index contributed by atoms with van der Waals surface area (Å²) >= 11 is 0. The molecule has 0 saturated carbocycles. The molecule has 2 aromatic rings. The van der Waals surface area contributed by atoms with Crippen molar-refractivity contribution in [1.29, 1.82) is 0 Å². The Morgan fingerprint density at radius 1 is 1.21 bits per heavy atom. The van der Waals surface area contributed by atoms with Crippen LogP contribution in [-0.4, -0.2) is 18.8 Å². The van der Waals surface area contributed by atoms with Gasteiger partial charge in [-0.1, -0.05) is 0 Å². The number of hydrogen-bond donors (Lipinski definition) is 1. The van der Waals surface area contributed by atoms with Crippen LogP contribution in [0.1, 0.15) is 18.5 Å². The van der Waals surface area contributed by atoms with E-state index in [-0.39, 0.29) is 11.6 Å². The van der Waals surface area contributed by atoms with Crippen LogP contribution < -0.4 is 20.8 Å². The van der Waals surface area contributed by atoms with Crippen molar-refractivity contribution < 1.29 is 9.47 Å². The molecule has 102 valence electrons. The second kappa shape index (κ2) is 4.93. The summed E-state index contributed by atoms with van der Waals surface area (Å²) in [5.41, 5.74) is 7.00. The van der Waals surface area contributed by atoms with E-state index < -0.39 is 0 Å². The van der Waals surface area contributed by atoms with E-state index in [1.54, 1.807) is 44.9 Å². The number of fused-ring (bicyclic) bond motifs is 1. The molecule has 5 heteroatoms. The largest absolute Gasteiger partial charge is 0.496 e. The topological polar surface area (TPSA) is 66.5 Å². The minimum atomic E-state index is -0.334. The van der Waals surface area contributed by atoms with Gasteiger partial charge in [0, 0.05) is 24.0 Å². The highest BCUT2D eigenvalue weighted by Gasteiger charge is 2.16. The number of aryl methyl sites for hydroxylation is 1. The molecule has 19 heavy (non-hydrogen) atoms. The lowest BCUT2D eigenvalue weighted by molar-refractivity contribution is 0.408. The maximum Gasteiger partial charge on any atom is 0.255 e. The average Bonchev–Trinajstić information content (AvgIpc) is 2.40. The monoisotopic (exact) mass is 262 g/mol. The van der Waals surface area contributed by atoms with Crippen LogP contribution in [0.5, 0.6) is 11.5 Å². The van der Waals surface area contributed by atoms with Gasteiger partial charge in [-0.15, -0.1) is 0 Å². The van der Waals surface area contributed by atoms with Crippen LogP contribution in [0.3, 0.4) is 0 Å². The summed E-state index contributed by atoms with van der Waals surface area (Å²) in [7, 11) is 4.88. The molecule has 1 atom stereocenters. The van der Waals surface area contributed by atoms with Crippen LogP contribution >= 0.6 is 0 Å². The molecule has 0 aliphatic carbocycles. The second-order valence-electron chi connectivity index (χ2n) is 4.48. The molecular weight excluding hydrogens is 244 g/mol. The third-order valence-corrected chi connectivity index (χ3v) is 3.26. The third kappa shape index (κ3) is 2.06. The van der Waals surface area contributed by atoms with Crippen molar-refractivity contribution in [1.82, 2.24) is 4.57 Å². The Hall–Kier alpha value is -2.01. The summed E-state index contributed by atoms with van der Waals surface area (Å²) in [4.78, 5) is 12.3. The molecule has 0 bridgehead atoms. The van der Waals surface area contributed by atoms with E-state index in [1.807, 2.05) is 6.07 Å². The fourth-order valence-corrected chi connectivity index (χ4v) is 2.24. The van der Waals surface area contributed by atoms with Crippen LogP contribution in [0.15, 0.2) is 23.0 Å². The molecule has 0 spiro atoms. The number of benzene rings is 1. The fraction of sp³-hybridized carbons (Fsp3) is 0.357. The number of methoxy groups -OCH3 is 2. The lowest BCUT2D eigenvalue weighted by Gasteiger charge is -2.15. The van der Waals surface area contributed by atoms with E-state index in [2.05, 4.69) is 0 Å². The SMILES string of the molecule is COc1ccc(OC)c2c1cc(C(C)N)c(=O)n2C. The quantitative estimate of drug-likeness (QED) is 0.912. The van der Waals surface area contributed by atoms with Crippen molar-refractivity contribution in [2.75, 3.05) is 14.2 Å². The van der Waals surface area contributed by atoms with Crippen molar-refractivity contribution in [2.24, 2.45) is 12.8 Å². The van der Waals surface area contributed by atoms with Crippen LogP contribution in [-0.2, 0) is 7.05 Å². The first kappa shape index (κ1) is 13.4. The highest BCUT2D eigenvalue weighted by molar-refractivity contribution is 5.91. The first-order valence-corrected chi connectivity index (χ1v) is 6.01. The Bertz CT molecular complexity index is 674. The number of nitrogens with zero attached hydrogens (tertiary/aromatic N) is 1. The zero-order valence-electron chi connectivity index (χ0n) is 11.6. The van der Waals surface area contributed by atoms with E-state index in [0.717, 1.165) is 5.39 Å². The normalized spacial score (nSPS) is 12.5. The maximum atomic E-state index is 12.3. The number of ether oxygens (including phenoxy) is 2. The van der Waals surface area contributed by atoms with Gasteiger partial charge in [-0.05, 0) is 25.1 Å². The molecule has 0 fully saturated rings. The Balaban J connectivity index is 2.98. The molecule has 1 aromatic heterocycles. The van der Waals surface area contributed by atoms with Gasteiger partial charge in [0.05, 0.1) is 19.7 Å². The van der Waals surface area contributed by atoms with Crippen molar-refractivity contribution in [3.63, 3.8) is 0 Å². The van der Waals surface area contributed by atoms with Gasteiger partial charge in [-0.25, -0.2) is 0 Å². The van der Waals surface area contributed by atoms with Crippen LogP contribution in [0.25, 0.3) is 10.9 Å². The van der Waals surface area contributed by atoms with Crippen LogP contribution in [0.2, 0.25) is 0 Å². The number of rotatable bonds is 3. The summed E-state index contributed by atoms with van der Waals surface area (Å²) in [5, 5.41) is 0.816. The highest BCUT2D eigenvalue weighted by Crippen LogP contribution is 2.32. The van der Waals surface area contributed by atoms with E-state index in [4.69, 9.17) is 15.2 Å². The standard InChI is InChI=1S/C14H18N2O3/c1-8(15)9-7-10-11(18-3)5-6-12(19-4)13(10)16(2)14(9)17/h5-8H,15H2,1-4H3. The second-order valence-corrected chi connectivity index (χ2v) is 4.48. The molecule has 2 N–H and O–H groups in total.